The molecule has 13 heavy (non-hydrogen) atoms. The van der Waals surface area contributed by atoms with Gasteiger partial charge in [-0.15, -0.1) is 6.58 Å². The largest absolute Gasteiger partial charge is 0.396 e. The fraction of sp³-hybridized carbons (Fsp3) is 0.778. The molecule has 4 heteroatoms. The molecule has 0 aliphatic heterocycles. The average molecular weight is 206 g/mol. The predicted molar refractivity (Wildman–Crippen MR) is 55.8 cm³/mol. The summed E-state index contributed by atoms with van der Waals surface area (Å²) in [4.78, 5) is 0. The maximum atomic E-state index is 12.0. The van der Waals surface area contributed by atoms with E-state index in [2.05, 4.69) is 6.58 Å². The molecule has 3 nitrogen and oxygen atoms in total. The molecule has 0 aliphatic carbocycles. The average Bonchev–Trinajstić information content (AvgIpc) is 2.12. The molecule has 0 aromatic carbocycles. The van der Waals surface area contributed by atoms with Gasteiger partial charge in [-0.05, 0) is 12.8 Å². The van der Waals surface area contributed by atoms with E-state index in [1.807, 2.05) is 0 Å². The van der Waals surface area contributed by atoms with Gasteiger partial charge in [0.05, 0.1) is 7.14 Å². The fourth-order valence-corrected chi connectivity index (χ4v) is 3.74. The third-order valence-electron chi connectivity index (χ3n) is 1.91. The third-order valence-corrected chi connectivity index (χ3v) is 5.10. The molecule has 0 saturated heterocycles. The Morgan fingerprint density at radius 3 is 1.92 bits per heavy atom. The van der Waals surface area contributed by atoms with Crippen molar-refractivity contribution in [1.82, 2.24) is 0 Å². The highest BCUT2D eigenvalue weighted by Gasteiger charge is 2.18. The minimum absolute atomic E-state index is 0.0836. The van der Waals surface area contributed by atoms with Gasteiger partial charge < -0.3 is 14.8 Å². The van der Waals surface area contributed by atoms with Gasteiger partial charge in [0.1, 0.15) is 0 Å². The van der Waals surface area contributed by atoms with E-state index < -0.39 is 7.14 Å². The van der Waals surface area contributed by atoms with Crippen molar-refractivity contribution in [2.45, 2.75) is 12.8 Å². The van der Waals surface area contributed by atoms with Crippen LogP contribution in [0.1, 0.15) is 12.8 Å². The van der Waals surface area contributed by atoms with Gasteiger partial charge in [0.25, 0.3) is 0 Å². The van der Waals surface area contributed by atoms with Gasteiger partial charge in [-0.25, -0.2) is 0 Å². The van der Waals surface area contributed by atoms with Crippen LogP contribution in [0.15, 0.2) is 12.7 Å². The van der Waals surface area contributed by atoms with Gasteiger partial charge in [-0.1, -0.05) is 6.08 Å². The number of hydrogen-bond acceptors (Lipinski definition) is 3. The first-order valence-electron chi connectivity index (χ1n) is 4.58. The molecule has 0 amide bonds. The molecule has 0 aliphatic rings. The van der Waals surface area contributed by atoms with Crippen LogP contribution in [0.5, 0.6) is 0 Å². The Balaban J connectivity index is 3.99. The Labute approximate surface area is 79.8 Å². The standard InChI is InChI=1S/C9H19O3P/c1-2-7-13(12,8-3-5-10)9-4-6-11/h2,10-11H,1,3-9H2. The van der Waals surface area contributed by atoms with Crippen LogP contribution in [-0.4, -0.2) is 41.9 Å². The number of aliphatic hydroxyl groups excluding tert-OH is 2. The molecule has 0 bridgehead atoms. The van der Waals surface area contributed by atoms with Crippen LogP contribution in [0, 0.1) is 0 Å². The molecule has 0 radical (unpaired) electrons. The summed E-state index contributed by atoms with van der Waals surface area (Å²) in [6.07, 6.45) is 4.47. The lowest BCUT2D eigenvalue weighted by molar-refractivity contribution is 0.293. The Hall–Kier alpha value is -0.110. The minimum atomic E-state index is -2.19. The highest BCUT2D eigenvalue weighted by molar-refractivity contribution is 7.64. The maximum Gasteiger partial charge on any atom is 0.0914 e. The molecule has 0 unspecified atom stereocenters. The second-order valence-corrected chi connectivity index (χ2v) is 6.51. The van der Waals surface area contributed by atoms with Crippen LogP contribution in [0.4, 0.5) is 0 Å². The molecule has 0 saturated carbocycles. The summed E-state index contributed by atoms with van der Waals surface area (Å²) in [7, 11) is -2.19. The number of rotatable bonds is 8. The van der Waals surface area contributed by atoms with Crippen LogP contribution >= 0.6 is 7.14 Å². The zero-order valence-electron chi connectivity index (χ0n) is 7.98. The number of aliphatic hydroxyl groups is 2. The lowest BCUT2D eigenvalue weighted by Gasteiger charge is -2.15. The van der Waals surface area contributed by atoms with Crippen molar-refractivity contribution >= 4 is 7.14 Å². The smallest absolute Gasteiger partial charge is 0.0914 e. The molecule has 0 atom stereocenters. The Morgan fingerprint density at radius 1 is 1.15 bits per heavy atom. The molecule has 0 rings (SSSR count). The predicted octanol–water partition coefficient (Wildman–Crippen LogP) is 1.30. The quantitative estimate of drug-likeness (QED) is 0.465. The van der Waals surface area contributed by atoms with Crippen molar-refractivity contribution in [2.24, 2.45) is 0 Å². The molecule has 0 spiro atoms. The molecule has 0 heterocycles. The summed E-state index contributed by atoms with van der Waals surface area (Å²) in [6.45, 7) is 3.73. The zero-order chi connectivity index (χ0) is 10.2. The van der Waals surface area contributed by atoms with Crippen LogP contribution in [-0.2, 0) is 4.57 Å². The Bertz CT molecular complexity index is 168. The van der Waals surface area contributed by atoms with Crippen LogP contribution in [0.3, 0.4) is 0 Å². The van der Waals surface area contributed by atoms with E-state index in [9.17, 15) is 4.57 Å². The Morgan fingerprint density at radius 2 is 1.62 bits per heavy atom. The van der Waals surface area contributed by atoms with E-state index in [1.54, 1.807) is 6.08 Å². The fourth-order valence-electron chi connectivity index (χ4n) is 1.25. The van der Waals surface area contributed by atoms with E-state index in [4.69, 9.17) is 10.2 Å². The molecular weight excluding hydrogens is 187 g/mol. The zero-order valence-corrected chi connectivity index (χ0v) is 8.88. The highest BCUT2D eigenvalue weighted by atomic mass is 31.2. The van der Waals surface area contributed by atoms with Crippen molar-refractivity contribution in [3.8, 4) is 0 Å². The first-order valence-corrected chi connectivity index (χ1v) is 6.84. The minimum Gasteiger partial charge on any atom is -0.396 e. The van der Waals surface area contributed by atoms with Gasteiger partial charge in [0.15, 0.2) is 0 Å². The van der Waals surface area contributed by atoms with Crippen molar-refractivity contribution in [1.29, 1.82) is 0 Å². The third kappa shape index (κ3) is 6.03. The van der Waals surface area contributed by atoms with Crippen molar-refractivity contribution in [2.75, 3.05) is 31.7 Å². The SMILES string of the molecule is C=CCP(=O)(CCCO)CCCO. The lowest BCUT2D eigenvalue weighted by atomic mass is 10.5. The van der Waals surface area contributed by atoms with E-state index in [1.165, 1.54) is 0 Å². The summed E-state index contributed by atoms with van der Waals surface area (Å²) in [5.74, 6) is 0. The first-order chi connectivity index (χ1) is 6.18. The van der Waals surface area contributed by atoms with Gasteiger partial charge in [-0.3, -0.25) is 0 Å². The normalized spacial score (nSPS) is 11.5. The lowest BCUT2D eigenvalue weighted by Crippen LogP contribution is -2.02. The molecule has 0 fully saturated rings. The van der Waals surface area contributed by atoms with E-state index >= 15 is 0 Å². The molecule has 0 aromatic heterocycles. The van der Waals surface area contributed by atoms with Gasteiger partial charge >= 0.3 is 0 Å². The van der Waals surface area contributed by atoms with Crippen LogP contribution < -0.4 is 0 Å². The van der Waals surface area contributed by atoms with E-state index in [-0.39, 0.29) is 13.2 Å². The van der Waals surface area contributed by atoms with Crippen molar-refractivity contribution in [3.63, 3.8) is 0 Å². The Kier molecular flexibility index (Phi) is 7.25. The molecule has 78 valence electrons. The summed E-state index contributed by atoms with van der Waals surface area (Å²) >= 11 is 0. The number of allylic oxidation sites excluding steroid dienone is 1. The second kappa shape index (κ2) is 7.31. The van der Waals surface area contributed by atoms with E-state index in [0.29, 0.717) is 31.3 Å². The number of hydrogen-bond donors (Lipinski definition) is 2. The van der Waals surface area contributed by atoms with Crippen molar-refractivity contribution < 1.29 is 14.8 Å². The van der Waals surface area contributed by atoms with E-state index in [0.717, 1.165) is 0 Å². The topological polar surface area (TPSA) is 57.5 Å². The van der Waals surface area contributed by atoms with Gasteiger partial charge in [0, 0.05) is 31.7 Å². The first kappa shape index (κ1) is 12.9. The summed E-state index contributed by atoms with van der Waals surface area (Å²) in [6, 6.07) is 0. The van der Waals surface area contributed by atoms with Crippen molar-refractivity contribution in [3.05, 3.63) is 12.7 Å². The van der Waals surface area contributed by atoms with Crippen LogP contribution in [0.25, 0.3) is 0 Å². The van der Waals surface area contributed by atoms with Gasteiger partial charge in [-0.2, -0.15) is 0 Å². The molecular formula is C9H19O3P. The summed E-state index contributed by atoms with van der Waals surface area (Å²) in [5, 5.41) is 17.3. The van der Waals surface area contributed by atoms with Gasteiger partial charge in [0.2, 0.25) is 0 Å². The molecule has 0 aromatic rings. The highest BCUT2D eigenvalue weighted by Crippen LogP contribution is 2.46. The second-order valence-electron chi connectivity index (χ2n) is 3.13. The van der Waals surface area contributed by atoms with Crippen LogP contribution in [0.2, 0.25) is 0 Å². The monoisotopic (exact) mass is 206 g/mol. The summed E-state index contributed by atoms with van der Waals surface area (Å²) in [5.41, 5.74) is 0. The summed E-state index contributed by atoms with van der Waals surface area (Å²) < 4.78 is 12.0. The maximum absolute atomic E-state index is 12.0. The molecule has 2 N–H and O–H groups in total.